The summed E-state index contributed by atoms with van der Waals surface area (Å²) in [6.45, 7) is 9.24. The average Bonchev–Trinajstić information content (AvgIpc) is 2.65. The van der Waals surface area contributed by atoms with Gasteiger partial charge in [0, 0.05) is 13.7 Å². The average molecular weight is 319 g/mol. The van der Waals surface area contributed by atoms with Gasteiger partial charge in [-0.15, -0.1) is 0 Å². The summed E-state index contributed by atoms with van der Waals surface area (Å²) in [7, 11) is 1.71. The van der Waals surface area contributed by atoms with Crippen molar-refractivity contribution in [3.05, 3.63) is 16.4 Å². The quantitative estimate of drug-likeness (QED) is 0.645. The van der Waals surface area contributed by atoms with Gasteiger partial charge in [0.05, 0.1) is 28.5 Å². The van der Waals surface area contributed by atoms with Gasteiger partial charge >= 0.3 is 0 Å². The molecule has 6 heteroatoms. The van der Waals surface area contributed by atoms with Crippen molar-refractivity contribution >= 4 is 15.9 Å². The Bertz CT molecular complexity index is 386. The van der Waals surface area contributed by atoms with Crippen molar-refractivity contribution in [2.45, 2.75) is 46.4 Å². The van der Waals surface area contributed by atoms with Crippen molar-refractivity contribution in [1.82, 2.24) is 15.2 Å². The lowest BCUT2D eigenvalue weighted by Crippen LogP contribution is -2.45. The van der Waals surface area contributed by atoms with Crippen LogP contribution in [0.2, 0.25) is 0 Å². The number of rotatable bonds is 5. The third-order valence-corrected chi connectivity index (χ3v) is 3.63. The van der Waals surface area contributed by atoms with E-state index in [1.165, 1.54) is 0 Å². The van der Waals surface area contributed by atoms with Gasteiger partial charge in [-0.05, 0) is 28.3 Å². The molecule has 0 saturated heterocycles. The highest BCUT2D eigenvalue weighted by Gasteiger charge is 2.35. The third kappa shape index (κ3) is 3.12. The van der Waals surface area contributed by atoms with Crippen molar-refractivity contribution in [3.63, 3.8) is 0 Å². The highest BCUT2D eigenvalue weighted by molar-refractivity contribution is 9.10. The minimum Gasteiger partial charge on any atom is -0.379 e. The number of hydrogen-bond donors (Lipinski definition) is 2. The van der Waals surface area contributed by atoms with Gasteiger partial charge in [0.25, 0.3) is 0 Å². The zero-order valence-electron chi connectivity index (χ0n) is 11.7. The predicted molar refractivity (Wildman–Crippen MR) is 75.9 cm³/mol. The maximum atomic E-state index is 5.74. The number of nitrogens with zero attached hydrogens (tertiary/aromatic N) is 2. The van der Waals surface area contributed by atoms with Crippen LogP contribution < -0.4 is 11.3 Å². The molecule has 2 atom stereocenters. The molecule has 1 rings (SSSR count). The van der Waals surface area contributed by atoms with Crippen LogP contribution >= 0.6 is 15.9 Å². The number of aromatic nitrogens is 2. The molecule has 0 saturated carbocycles. The lowest BCUT2D eigenvalue weighted by atomic mass is 9.83. The Morgan fingerprint density at radius 3 is 2.56 bits per heavy atom. The number of aryl methyl sites for hydroxylation is 1. The Morgan fingerprint density at radius 2 is 2.17 bits per heavy atom. The SMILES string of the molecule is CCn1ncc(Br)c1C(NN)C(OC)C(C)(C)C. The largest absolute Gasteiger partial charge is 0.379 e. The summed E-state index contributed by atoms with van der Waals surface area (Å²) in [4.78, 5) is 0. The number of hydrogen-bond acceptors (Lipinski definition) is 4. The molecule has 2 unspecified atom stereocenters. The van der Waals surface area contributed by atoms with Gasteiger partial charge in [-0.1, -0.05) is 20.8 Å². The van der Waals surface area contributed by atoms with Crippen molar-refractivity contribution < 1.29 is 4.74 Å². The number of nitrogens with one attached hydrogen (secondary N) is 1. The number of halogens is 1. The van der Waals surface area contributed by atoms with Gasteiger partial charge in [0.15, 0.2) is 0 Å². The van der Waals surface area contributed by atoms with Crippen LogP contribution in [0.1, 0.15) is 39.4 Å². The van der Waals surface area contributed by atoms with Crippen LogP contribution in [0, 0.1) is 5.41 Å². The summed E-state index contributed by atoms with van der Waals surface area (Å²) < 4.78 is 8.51. The smallest absolute Gasteiger partial charge is 0.0906 e. The second-order valence-corrected chi connectivity index (χ2v) is 6.21. The molecule has 0 fully saturated rings. The molecular formula is C12H23BrN4O. The second kappa shape index (κ2) is 6.14. The van der Waals surface area contributed by atoms with E-state index in [-0.39, 0.29) is 17.6 Å². The number of methoxy groups -OCH3 is 1. The molecule has 0 radical (unpaired) electrons. The maximum Gasteiger partial charge on any atom is 0.0906 e. The van der Waals surface area contributed by atoms with Gasteiger partial charge < -0.3 is 4.74 Å². The molecule has 1 heterocycles. The fourth-order valence-corrected chi connectivity index (χ4v) is 2.78. The van der Waals surface area contributed by atoms with Crippen molar-refractivity contribution in [3.8, 4) is 0 Å². The van der Waals surface area contributed by atoms with Crippen molar-refractivity contribution in [2.75, 3.05) is 7.11 Å². The lowest BCUT2D eigenvalue weighted by Gasteiger charge is -2.35. The van der Waals surface area contributed by atoms with Crippen LogP contribution in [-0.2, 0) is 11.3 Å². The molecule has 0 bridgehead atoms. The Kier molecular flexibility index (Phi) is 5.33. The normalized spacial score (nSPS) is 15.7. The minimum absolute atomic E-state index is 0.0337. The fraction of sp³-hybridized carbons (Fsp3) is 0.750. The number of ether oxygens (including phenoxy) is 1. The van der Waals surface area contributed by atoms with E-state index in [1.807, 2.05) is 4.68 Å². The molecule has 0 aliphatic heterocycles. The molecule has 1 aromatic heterocycles. The molecule has 1 aromatic rings. The molecule has 0 aliphatic rings. The van der Waals surface area contributed by atoms with E-state index in [0.717, 1.165) is 16.7 Å². The van der Waals surface area contributed by atoms with Crippen LogP contribution in [0.3, 0.4) is 0 Å². The Morgan fingerprint density at radius 1 is 1.56 bits per heavy atom. The third-order valence-electron chi connectivity index (χ3n) is 3.02. The predicted octanol–water partition coefficient (Wildman–Crippen LogP) is 2.23. The highest BCUT2D eigenvalue weighted by atomic mass is 79.9. The molecular weight excluding hydrogens is 296 g/mol. The Labute approximate surface area is 117 Å². The summed E-state index contributed by atoms with van der Waals surface area (Å²) in [5, 5.41) is 4.32. The van der Waals surface area contributed by atoms with E-state index in [4.69, 9.17) is 10.6 Å². The van der Waals surface area contributed by atoms with Gasteiger partial charge in [-0.25, -0.2) is 5.43 Å². The van der Waals surface area contributed by atoms with Gasteiger partial charge in [0.1, 0.15) is 0 Å². The Balaban J connectivity index is 3.19. The second-order valence-electron chi connectivity index (χ2n) is 5.36. The minimum atomic E-state index is -0.119. The molecule has 0 spiro atoms. The summed E-state index contributed by atoms with van der Waals surface area (Å²) in [6.07, 6.45) is 1.74. The van der Waals surface area contributed by atoms with E-state index in [0.29, 0.717) is 0 Å². The van der Waals surface area contributed by atoms with E-state index < -0.39 is 0 Å². The first-order valence-electron chi connectivity index (χ1n) is 6.06. The fourth-order valence-electron chi connectivity index (χ4n) is 2.23. The van der Waals surface area contributed by atoms with Gasteiger partial charge in [-0.2, -0.15) is 5.10 Å². The molecule has 5 nitrogen and oxygen atoms in total. The first kappa shape index (κ1) is 15.6. The summed E-state index contributed by atoms with van der Waals surface area (Å²) >= 11 is 3.53. The van der Waals surface area contributed by atoms with E-state index in [9.17, 15) is 0 Å². The maximum absolute atomic E-state index is 5.74. The van der Waals surface area contributed by atoms with Gasteiger partial charge in [0.2, 0.25) is 0 Å². The first-order chi connectivity index (χ1) is 8.36. The molecule has 3 N–H and O–H groups in total. The van der Waals surface area contributed by atoms with Crippen LogP contribution in [0.15, 0.2) is 10.7 Å². The van der Waals surface area contributed by atoms with E-state index in [1.54, 1.807) is 13.3 Å². The summed E-state index contributed by atoms with van der Waals surface area (Å²) in [5.74, 6) is 5.74. The lowest BCUT2D eigenvalue weighted by molar-refractivity contribution is -0.0142. The van der Waals surface area contributed by atoms with E-state index >= 15 is 0 Å². The Hall–Kier alpha value is -0.430. The molecule has 104 valence electrons. The van der Waals surface area contributed by atoms with Crippen molar-refractivity contribution in [1.29, 1.82) is 0 Å². The van der Waals surface area contributed by atoms with Gasteiger partial charge in [-0.3, -0.25) is 10.5 Å². The number of nitrogens with two attached hydrogens (primary N) is 1. The van der Waals surface area contributed by atoms with Crippen LogP contribution in [-0.4, -0.2) is 23.0 Å². The topological polar surface area (TPSA) is 65.1 Å². The molecule has 0 amide bonds. The summed E-state index contributed by atoms with van der Waals surface area (Å²) in [6, 6.07) is -0.119. The van der Waals surface area contributed by atoms with Crippen molar-refractivity contribution in [2.24, 2.45) is 11.3 Å². The van der Waals surface area contributed by atoms with Crippen LogP contribution in [0.25, 0.3) is 0 Å². The van der Waals surface area contributed by atoms with Crippen LogP contribution in [0.4, 0.5) is 0 Å². The molecule has 0 aliphatic carbocycles. The highest BCUT2D eigenvalue weighted by Crippen LogP contribution is 2.34. The molecule has 0 aromatic carbocycles. The number of hydrazine groups is 1. The first-order valence-corrected chi connectivity index (χ1v) is 6.86. The standard InChI is InChI=1S/C12H23BrN4O/c1-6-17-10(8(13)7-15-17)9(16-14)11(18-5)12(2,3)4/h7,9,11,16H,6,14H2,1-5H3. The summed E-state index contributed by atoms with van der Waals surface area (Å²) in [5.41, 5.74) is 3.84. The zero-order chi connectivity index (χ0) is 13.9. The monoisotopic (exact) mass is 318 g/mol. The van der Waals surface area contributed by atoms with Crippen LogP contribution in [0.5, 0.6) is 0 Å². The van der Waals surface area contributed by atoms with E-state index in [2.05, 4.69) is 54.1 Å². The zero-order valence-corrected chi connectivity index (χ0v) is 13.3. The molecule has 18 heavy (non-hydrogen) atoms.